The lowest BCUT2D eigenvalue weighted by Crippen LogP contribution is -2.25. The minimum Gasteiger partial charge on any atom is -0.311 e. The summed E-state index contributed by atoms with van der Waals surface area (Å²) in [6.07, 6.45) is 2.25. The van der Waals surface area contributed by atoms with Gasteiger partial charge in [0.1, 0.15) is 5.69 Å². The standard InChI is InChI=1S/C18H25N3O/c1-5-6-7-19-12-17-18(22)11-15(4)21(20-17)16-9-13(2)8-14(3)10-16/h8-11,19H,5-7,12H2,1-4H3. The summed E-state index contributed by atoms with van der Waals surface area (Å²) in [4.78, 5) is 12.1. The molecule has 2 aromatic rings. The molecule has 0 aliphatic heterocycles. The number of unbranched alkanes of at least 4 members (excludes halogenated alkanes) is 1. The average Bonchev–Trinajstić information content (AvgIpc) is 2.44. The monoisotopic (exact) mass is 299 g/mol. The molecule has 1 aromatic carbocycles. The van der Waals surface area contributed by atoms with Crippen LogP contribution in [-0.4, -0.2) is 16.3 Å². The van der Waals surface area contributed by atoms with Gasteiger partial charge in [-0.05, 0) is 57.0 Å². The van der Waals surface area contributed by atoms with Crippen LogP contribution in [0.25, 0.3) is 5.69 Å². The average molecular weight is 299 g/mol. The van der Waals surface area contributed by atoms with Crippen molar-refractivity contribution in [3.05, 3.63) is 57.0 Å². The van der Waals surface area contributed by atoms with Crippen LogP contribution < -0.4 is 10.7 Å². The molecule has 0 aliphatic rings. The molecule has 0 saturated carbocycles. The fourth-order valence-corrected chi connectivity index (χ4v) is 2.55. The van der Waals surface area contributed by atoms with Crippen LogP contribution in [-0.2, 0) is 6.54 Å². The van der Waals surface area contributed by atoms with E-state index in [1.165, 1.54) is 11.1 Å². The summed E-state index contributed by atoms with van der Waals surface area (Å²) in [5.41, 5.74) is 4.81. The Morgan fingerprint density at radius 2 is 1.77 bits per heavy atom. The van der Waals surface area contributed by atoms with Crippen molar-refractivity contribution in [3.8, 4) is 5.69 Å². The SMILES string of the molecule is CCCCNCc1nn(-c2cc(C)cc(C)c2)c(C)cc1=O. The first-order valence-corrected chi connectivity index (χ1v) is 7.90. The lowest BCUT2D eigenvalue weighted by molar-refractivity contribution is 0.615. The zero-order chi connectivity index (χ0) is 16.1. The number of rotatable bonds is 6. The molecule has 1 N–H and O–H groups in total. The van der Waals surface area contributed by atoms with Crippen molar-refractivity contribution in [2.75, 3.05) is 6.54 Å². The third-order valence-electron chi connectivity index (χ3n) is 3.63. The molecule has 0 atom stereocenters. The highest BCUT2D eigenvalue weighted by molar-refractivity contribution is 5.39. The van der Waals surface area contributed by atoms with Crippen LogP contribution >= 0.6 is 0 Å². The molecule has 1 heterocycles. The first-order chi connectivity index (χ1) is 10.5. The summed E-state index contributed by atoms with van der Waals surface area (Å²) < 4.78 is 1.86. The molecule has 4 heteroatoms. The third kappa shape index (κ3) is 4.04. The maximum absolute atomic E-state index is 12.1. The second-order valence-electron chi connectivity index (χ2n) is 5.88. The molecule has 0 bridgehead atoms. The first kappa shape index (κ1) is 16.4. The molecule has 0 fully saturated rings. The van der Waals surface area contributed by atoms with Gasteiger partial charge >= 0.3 is 0 Å². The second kappa shape index (κ2) is 7.36. The van der Waals surface area contributed by atoms with Crippen LogP contribution in [0.15, 0.2) is 29.1 Å². The van der Waals surface area contributed by atoms with Gasteiger partial charge in [0, 0.05) is 18.3 Å². The van der Waals surface area contributed by atoms with Gasteiger partial charge in [-0.15, -0.1) is 0 Å². The topological polar surface area (TPSA) is 46.9 Å². The van der Waals surface area contributed by atoms with E-state index in [1.807, 2.05) is 11.6 Å². The van der Waals surface area contributed by atoms with Crippen molar-refractivity contribution < 1.29 is 0 Å². The molecule has 0 unspecified atom stereocenters. The Balaban J connectivity index is 2.33. The molecule has 0 spiro atoms. The maximum atomic E-state index is 12.1. The van der Waals surface area contributed by atoms with Crippen molar-refractivity contribution >= 4 is 0 Å². The van der Waals surface area contributed by atoms with Crippen molar-refractivity contribution in [2.24, 2.45) is 0 Å². The van der Waals surface area contributed by atoms with Gasteiger partial charge in [-0.2, -0.15) is 5.10 Å². The number of benzene rings is 1. The molecule has 1 aromatic heterocycles. The molecule has 22 heavy (non-hydrogen) atoms. The summed E-state index contributed by atoms with van der Waals surface area (Å²) in [6, 6.07) is 7.98. The molecular weight excluding hydrogens is 274 g/mol. The van der Waals surface area contributed by atoms with E-state index < -0.39 is 0 Å². The fraction of sp³-hybridized carbons (Fsp3) is 0.444. The van der Waals surface area contributed by atoms with E-state index in [2.05, 4.69) is 49.4 Å². The fourth-order valence-electron chi connectivity index (χ4n) is 2.55. The molecular formula is C18H25N3O. The van der Waals surface area contributed by atoms with E-state index in [4.69, 9.17) is 0 Å². The van der Waals surface area contributed by atoms with Crippen LogP contribution in [0.3, 0.4) is 0 Å². The highest BCUT2D eigenvalue weighted by Crippen LogP contribution is 2.14. The molecule has 4 nitrogen and oxygen atoms in total. The number of aryl methyl sites for hydroxylation is 3. The molecule has 0 aliphatic carbocycles. The summed E-state index contributed by atoms with van der Waals surface area (Å²) in [7, 11) is 0. The van der Waals surface area contributed by atoms with Gasteiger partial charge < -0.3 is 5.32 Å². The largest absolute Gasteiger partial charge is 0.311 e. The first-order valence-electron chi connectivity index (χ1n) is 7.90. The summed E-state index contributed by atoms with van der Waals surface area (Å²) in [5, 5.41) is 7.85. The van der Waals surface area contributed by atoms with Crippen molar-refractivity contribution in [1.82, 2.24) is 15.1 Å². The van der Waals surface area contributed by atoms with Crippen LogP contribution in [0.1, 0.15) is 42.3 Å². The van der Waals surface area contributed by atoms with E-state index in [0.29, 0.717) is 12.2 Å². The predicted molar refractivity (Wildman–Crippen MR) is 90.7 cm³/mol. The Bertz CT molecular complexity index is 684. The van der Waals surface area contributed by atoms with Crippen LogP contribution in [0, 0.1) is 20.8 Å². The van der Waals surface area contributed by atoms with Crippen LogP contribution in [0.2, 0.25) is 0 Å². The zero-order valence-corrected chi connectivity index (χ0v) is 13.9. The number of hydrogen-bond donors (Lipinski definition) is 1. The molecule has 118 valence electrons. The van der Waals surface area contributed by atoms with E-state index >= 15 is 0 Å². The number of nitrogens with zero attached hydrogens (tertiary/aromatic N) is 2. The highest BCUT2D eigenvalue weighted by Gasteiger charge is 2.08. The Morgan fingerprint density at radius 3 is 2.41 bits per heavy atom. The van der Waals surface area contributed by atoms with Crippen LogP contribution in [0.5, 0.6) is 0 Å². The minimum absolute atomic E-state index is 0.00197. The molecule has 2 rings (SSSR count). The van der Waals surface area contributed by atoms with Crippen molar-refractivity contribution in [1.29, 1.82) is 0 Å². The smallest absolute Gasteiger partial charge is 0.204 e. The van der Waals surface area contributed by atoms with Crippen LogP contribution in [0.4, 0.5) is 0 Å². The third-order valence-corrected chi connectivity index (χ3v) is 3.63. The van der Waals surface area contributed by atoms with Crippen molar-refractivity contribution in [3.63, 3.8) is 0 Å². The van der Waals surface area contributed by atoms with Crippen molar-refractivity contribution in [2.45, 2.75) is 47.1 Å². The summed E-state index contributed by atoms with van der Waals surface area (Å²) >= 11 is 0. The van der Waals surface area contributed by atoms with E-state index in [0.717, 1.165) is 30.8 Å². The predicted octanol–water partition coefficient (Wildman–Crippen LogP) is 3.05. The lowest BCUT2D eigenvalue weighted by Gasteiger charge is -2.13. The lowest BCUT2D eigenvalue weighted by atomic mass is 10.1. The number of aromatic nitrogens is 2. The van der Waals surface area contributed by atoms with Gasteiger partial charge in [0.05, 0.1) is 5.69 Å². The minimum atomic E-state index is 0.00197. The van der Waals surface area contributed by atoms with Gasteiger partial charge in [0.25, 0.3) is 0 Å². The number of nitrogens with one attached hydrogen (secondary N) is 1. The summed E-state index contributed by atoms with van der Waals surface area (Å²) in [6.45, 7) is 9.64. The normalized spacial score (nSPS) is 10.9. The molecule has 0 amide bonds. The van der Waals surface area contributed by atoms with Gasteiger partial charge in [-0.25, -0.2) is 4.68 Å². The zero-order valence-electron chi connectivity index (χ0n) is 13.9. The summed E-state index contributed by atoms with van der Waals surface area (Å²) in [5.74, 6) is 0. The van der Waals surface area contributed by atoms with Gasteiger partial charge in [-0.3, -0.25) is 4.79 Å². The maximum Gasteiger partial charge on any atom is 0.204 e. The molecule has 0 radical (unpaired) electrons. The Morgan fingerprint density at radius 1 is 1.09 bits per heavy atom. The quantitative estimate of drug-likeness (QED) is 0.834. The van der Waals surface area contributed by atoms with E-state index in [-0.39, 0.29) is 5.43 Å². The highest BCUT2D eigenvalue weighted by atomic mass is 16.1. The van der Waals surface area contributed by atoms with Gasteiger partial charge in [0.15, 0.2) is 0 Å². The van der Waals surface area contributed by atoms with E-state index in [1.54, 1.807) is 6.07 Å². The van der Waals surface area contributed by atoms with Gasteiger partial charge in [0.2, 0.25) is 5.43 Å². The molecule has 0 saturated heterocycles. The Labute approximate surface area is 132 Å². The van der Waals surface area contributed by atoms with E-state index in [9.17, 15) is 4.79 Å². The Kier molecular flexibility index (Phi) is 5.50. The van der Waals surface area contributed by atoms with Gasteiger partial charge in [-0.1, -0.05) is 19.4 Å². The number of hydrogen-bond acceptors (Lipinski definition) is 3. The second-order valence-corrected chi connectivity index (χ2v) is 5.88. The Hall–Kier alpha value is -1.94.